The van der Waals surface area contributed by atoms with Crippen molar-refractivity contribution >= 4 is 23.5 Å². The van der Waals surface area contributed by atoms with Crippen LogP contribution in [0.4, 0.5) is 0 Å². The van der Waals surface area contributed by atoms with E-state index in [4.69, 9.17) is 14.7 Å². The first-order valence-corrected chi connectivity index (χ1v) is 10.3. The number of methoxy groups -OCH3 is 2. The van der Waals surface area contributed by atoms with Crippen molar-refractivity contribution in [3.63, 3.8) is 0 Å². The van der Waals surface area contributed by atoms with Crippen molar-refractivity contribution in [1.82, 2.24) is 0 Å². The number of rotatable bonds is 5. The Kier molecular flexibility index (Phi) is 6.02. The molecule has 0 bridgehead atoms. The molecule has 1 unspecified atom stereocenters. The van der Waals surface area contributed by atoms with Crippen LogP contribution in [0.3, 0.4) is 0 Å². The highest BCUT2D eigenvalue weighted by Gasteiger charge is 2.43. The molecule has 6 heteroatoms. The van der Waals surface area contributed by atoms with Crippen LogP contribution in [0.25, 0.3) is 0 Å². The van der Waals surface area contributed by atoms with E-state index in [1.807, 2.05) is 30.3 Å². The molecule has 1 heterocycles. The number of nitrogens with zero attached hydrogens (tertiary/aromatic N) is 1. The van der Waals surface area contributed by atoms with E-state index in [0.717, 1.165) is 29.1 Å². The Balaban J connectivity index is 2.04. The van der Waals surface area contributed by atoms with Crippen molar-refractivity contribution in [2.75, 3.05) is 25.7 Å². The maximum atomic E-state index is 11.3. The van der Waals surface area contributed by atoms with Crippen molar-refractivity contribution < 1.29 is 14.6 Å². The summed E-state index contributed by atoms with van der Waals surface area (Å²) >= 11 is 3.52. The molecule has 136 valence electrons. The molecule has 0 amide bonds. The van der Waals surface area contributed by atoms with Crippen LogP contribution in [0.1, 0.15) is 29.2 Å². The van der Waals surface area contributed by atoms with E-state index < -0.39 is 10.2 Å². The van der Waals surface area contributed by atoms with Crippen LogP contribution in [-0.2, 0) is 4.08 Å². The SMILES string of the molecule is COc1ccc(C2(C(O)c3ccc(C#N)cc3)SCCCS2)cc1OC. The average Bonchev–Trinajstić information content (AvgIpc) is 2.73. The lowest BCUT2D eigenvalue weighted by Gasteiger charge is -2.40. The van der Waals surface area contributed by atoms with Crippen molar-refractivity contribution in [3.05, 3.63) is 59.2 Å². The quantitative estimate of drug-likeness (QED) is 0.824. The summed E-state index contributed by atoms with van der Waals surface area (Å²) in [6, 6.07) is 15.1. The molecule has 0 saturated carbocycles. The summed E-state index contributed by atoms with van der Waals surface area (Å²) in [5, 5.41) is 20.3. The van der Waals surface area contributed by atoms with Crippen LogP contribution in [-0.4, -0.2) is 30.8 Å². The van der Waals surface area contributed by atoms with Gasteiger partial charge < -0.3 is 14.6 Å². The smallest absolute Gasteiger partial charge is 0.161 e. The van der Waals surface area contributed by atoms with E-state index in [-0.39, 0.29) is 0 Å². The van der Waals surface area contributed by atoms with Gasteiger partial charge in [-0.3, -0.25) is 0 Å². The number of nitriles is 1. The Morgan fingerprint density at radius 2 is 1.69 bits per heavy atom. The minimum absolute atomic E-state index is 0.522. The third-order valence-electron chi connectivity index (χ3n) is 4.42. The lowest BCUT2D eigenvalue weighted by atomic mass is 9.98. The minimum Gasteiger partial charge on any atom is -0.493 e. The second kappa shape index (κ2) is 8.26. The predicted octanol–water partition coefficient (Wildman–Crippen LogP) is 4.33. The molecule has 1 fully saturated rings. The fourth-order valence-corrected chi connectivity index (χ4v) is 6.42. The molecule has 0 radical (unpaired) electrons. The highest BCUT2D eigenvalue weighted by molar-refractivity contribution is 8.18. The summed E-state index contributed by atoms with van der Waals surface area (Å²) < 4.78 is 10.3. The molecule has 2 aromatic carbocycles. The average molecular weight is 388 g/mol. The molecule has 0 aromatic heterocycles. The lowest BCUT2D eigenvalue weighted by molar-refractivity contribution is 0.163. The van der Waals surface area contributed by atoms with Gasteiger partial charge in [0.05, 0.1) is 25.9 Å². The van der Waals surface area contributed by atoms with Crippen molar-refractivity contribution in [2.24, 2.45) is 0 Å². The van der Waals surface area contributed by atoms with Crippen LogP contribution in [0, 0.1) is 11.3 Å². The Bertz CT molecular complexity index is 796. The molecule has 0 spiro atoms. The van der Waals surface area contributed by atoms with Crippen LogP contribution in [0.2, 0.25) is 0 Å². The van der Waals surface area contributed by atoms with E-state index in [9.17, 15) is 5.11 Å². The Morgan fingerprint density at radius 3 is 2.27 bits per heavy atom. The van der Waals surface area contributed by atoms with E-state index >= 15 is 0 Å². The van der Waals surface area contributed by atoms with Gasteiger partial charge in [0.2, 0.25) is 0 Å². The molecule has 2 aromatic rings. The fraction of sp³-hybridized carbons (Fsp3) is 0.350. The summed E-state index contributed by atoms with van der Waals surface area (Å²) in [7, 11) is 3.23. The normalized spacial score (nSPS) is 17.2. The first kappa shape index (κ1) is 19.0. The molecule has 1 atom stereocenters. The van der Waals surface area contributed by atoms with Crippen LogP contribution >= 0.6 is 23.5 Å². The van der Waals surface area contributed by atoms with Gasteiger partial charge in [-0.15, -0.1) is 23.5 Å². The number of ether oxygens (including phenoxy) is 2. The molecular weight excluding hydrogens is 366 g/mol. The predicted molar refractivity (Wildman–Crippen MR) is 107 cm³/mol. The second-order valence-corrected chi connectivity index (χ2v) is 8.86. The number of hydrogen-bond donors (Lipinski definition) is 1. The van der Waals surface area contributed by atoms with Crippen LogP contribution in [0.15, 0.2) is 42.5 Å². The maximum Gasteiger partial charge on any atom is 0.161 e. The van der Waals surface area contributed by atoms with Gasteiger partial charge in [-0.2, -0.15) is 5.26 Å². The van der Waals surface area contributed by atoms with Gasteiger partial charge in [0.1, 0.15) is 10.2 Å². The zero-order chi connectivity index (χ0) is 18.6. The van der Waals surface area contributed by atoms with Crippen molar-refractivity contribution in [2.45, 2.75) is 16.6 Å². The number of thioether (sulfide) groups is 2. The standard InChI is InChI=1S/C20H21NO3S2/c1-23-17-9-8-16(12-18(17)24-2)20(25-10-3-11-26-20)19(22)15-6-4-14(13-21)5-7-15/h4-9,12,19,22H,3,10-11H2,1-2H3. The van der Waals surface area contributed by atoms with Gasteiger partial charge in [-0.05, 0) is 53.3 Å². The van der Waals surface area contributed by atoms with Crippen LogP contribution < -0.4 is 9.47 Å². The van der Waals surface area contributed by atoms with Crippen LogP contribution in [0.5, 0.6) is 11.5 Å². The van der Waals surface area contributed by atoms with E-state index in [1.165, 1.54) is 0 Å². The molecule has 1 aliphatic rings. The summed E-state index contributed by atoms with van der Waals surface area (Å²) in [4.78, 5) is 0. The number of hydrogen-bond acceptors (Lipinski definition) is 6. The largest absolute Gasteiger partial charge is 0.493 e. The molecule has 26 heavy (non-hydrogen) atoms. The summed E-state index contributed by atoms with van der Waals surface area (Å²) in [5.74, 6) is 3.29. The van der Waals surface area contributed by atoms with E-state index in [0.29, 0.717) is 17.1 Å². The monoisotopic (exact) mass is 387 g/mol. The number of aliphatic hydroxyl groups is 1. The molecule has 3 rings (SSSR count). The van der Waals surface area contributed by atoms with Gasteiger partial charge >= 0.3 is 0 Å². The Morgan fingerprint density at radius 1 is 1.04 bits per heavy atom. The summed E-state index contributed by atoms with van der Waals surface area (Å²) in [5.41, 5.74) is 2.40. The summed E-state index contributed by atoms with van der Waals surface area (Å²) in [6.45, 7) is 0. The van der Waals surface area contributed by atoms with Gasteiger partial charge in [0.15, 0.2) is 11.5 Å². The van der Waals surface area contributed by atoms with Gasteiger partial charge in [-0.1, -0.05) is 18.2 Å². The topological polar surface area (TPSA) is 62.5 Å². The van der Waals surface area contributed by atoms with Gasteiger partial charge in [0.25, 0.3) is 0 Å². The second-order valence-electron chi connectivity index (χ2n) is 5.92. The number of benzene rings is 2. The Labute approximate surface area is 162 Å². The molecule has 1 N–H and O–H groups in total. The van der Waals surface area contributed by atoms with Crippen molar-refractivity contribution in [1.29, 1.82) is 5.26 Å². The zero-order valence-electron chi connectivity index (χ0n) is 14.8. The zero-order valence-corrected chi connectivity index (χ0v) is 16.4. The van der Waals surface area contributed by atoms with Crippen molar-refractivity contribution in [3.8, 4) is 17.6 Å². The molecule has 4 nitrogen and oxygen atoms in total. The maximum absolute atomic E-state index is 11.3. The lowest BCUT2D eigenvalue weighted by Crippen LogP contribution is -2.30. The third kappa shape index (κ3) is 3.52. The summed E-state index contributed by atoms with van der Waals surface area (Å²) in [6.07, 6.45) is 0.411. The molecule has 1 saturated heterocycles. The van der Waals surface area contributed by atoms with Gasteiger partial charge in [0, 0.05) is 0 Å². The highest BCUT2D eigenvalue weighted by Crippen LogP contribution is 2.58. The third-order valence-corrected chi connectivity index (χ3v) is 7.89. The Hall–Kier alpha value is -1.81. The van der Waals surface area contributed by atoms with Gasteiger partial charge in [-0.25, -0.2) is 0 Å². The minimum atomic E-state index is -0.705. The van der Waals surface area contributed by atoms with E-state index in [2.05, 4.69) is 6.07 Å². The molecule has 1 aliphatic heterocycles. The molecule has 0 aliphatic carbocycles. The first-order valence-electron chi connectivity index (χ1n) is 8.33. The fourth-order valence-electron chi connectivity index (χ4n) is 3.04. The van der Waals surface area contributed by atoms with E-state index in [1.54, 1.807) is 49.9 Å². The highest BCUT2D eigenvalue weighted by atomic mass is 32.2. The number of aliphatic hydroxyl groups excluding tert-OH is 1. The molecular formula is C20H21NO3S2. The first-order chi connectivity index (χ1) is 12.6.